The van der Waals surface area contributed by atoms with Crippen LogP contribution in [0.4, 0.5) is 5.82 Å². The van der Waals surface area contributed by atoms with Crippen molar-refractivity contribution in [3.8, 4) is 11.1 Å². The number of anilines is 1. The summed E-state index contributed by atoms with van der Waals surface area (Å²) in [7, 11) is 1.83. The van der Waals surface area contributed by atoms with Gasteiger partial charge in [0.15, 0.2) is 0 Å². The van der Waals surface area contributed by atoms with Gasteiger partial charge in [0.2, 0.25) is 5.91 Å². The smallest absolute Gasteiger partial charge is 0.230 e. The lowest BCUT2D eigenvalue weighted by atomic mass is 10.1. The Morgan fingerprint density at radius 3 is 2.60 bits per heavy atom. The molecule has 1 aliphatic heterocycles. The molecule has 20 heavy (non-hydrogen) atoms. The van der Waals surface area contributed by atoms with E-state index in [1.165, 1.54) is 0 Å². The van der Waals surface area contributed by atoms with E-state index in [-0.39, 0.29) is 12.3 Å². The van der Waals surface area contributed by atoms with Crippen molar-refractivity contribution in [3.63, 3.8) is 0 Å². The first kappa shape index (κ1) is 12.9. The zero-order valence-electron chi connectivity index (χ0n) is 11.6. The standard InChI is InChI=1S/C15H17N3O2/c1-10-14(11-6-4-3-5-7-11)15(17(2)16-10)18-9-12(19)8-13(18)20/h3-7,12,19H,8-9H2,1-2H3. The van der Waals surface area contributed by atoms with Crippen LogP contribution in [-0.2, 0) is 11.8 Å². The van der Waals surface area contributed by atoms with Gasteiger partial charge in [-0.1, -0.05) is 30.3 Å². The molecule has 0 spiro atoms. The van der Waals surface area contributed by atoms with Gasteiger partial charge in [-0.2, -0.15) is 5.10 Å². The van der Waals surface area contributed by atoms with Crippen LogP contribution in [0.1, 0.15) is 12.1 Å². The quantitative estimate of drug-likeness (QED) is 0.900. The maximum Gasteiger partial charge on any atom is 0.230 e. The largest absolute Gasteiger partial charge is 0.391 e. The highest BCUT2D eigenvalue weighted by molar-refractivity contribution is 5.99. The van der Waals surface area contributed by atoms with Crippen LogP contribution >= 0.6 is 0 Å². The van der Waals surface area contributed by atoms with Crippen LogP contribution in [0.3, 0.4) is 0 Å². The Bertz CT molecular complexity index is 649. The second-order valence-corrected chi connectivity index (χ2v) is 5.14. The number of hydrogen-bond acceptors (Lipinski definition) is 3. The maximum atomic E-state index is 12.1. The molecule has 0 saturated carbocycles. The Kier molecular flexibility index (Phi) is 3.06. The van der Waals surface area contributed by atoms with E-state index in [1.807, 2.05) is 44.3 Å². The molecule has 1 N–H and O–H groups in total. The zero-order chi connectivity index (χ0) is 14.3. The van der Waals surface area contributed by atoms with Crippen molar-refractivity contribution in [2.75, 3.05) is 11.4 Å². The number of carbonyl (C=O) groups is 1. The second kappa shape index (κ2) is 4.76. The molecule has 1 atom stereocenters. The minimum atomic E-state index is -0.596. The first-order chi connectivity index (χ1) is 9.58. The van der Waals surface area contributed by atoms with Gasteiger partial charge < -0.3 is 5.11 Å². The Hall–Kier alpha value is -2.14. The zero-order valence-corrected chi connectivity index (χ0v) is 11.6. The van der Waals surface area contributed by atoms with Gasteiger partial charge in [0.1, 0.15) is 5.82 Å². The van der Waals surface area contributed by atoms with E-state index in [4.69, 9.17) is 0 Å². The molecule has 1 amide bonds. The Morgan fingerprint density at radius 1 is 1.30 bits per heavy atom. The third-order valence-corrected chi connectivity index (χ3v) is 3.61. The molecule has 104 valence electrons. The molecular formula is C15H17N3O2. The van der Waals surface area contributed by atoms with Gasteiger partial charge in [0.05, 0.1) is 24.8 Å². The van der Waals surface area contributed by atoms with Crippen molar-refractivity contribution in [2.45, 2.75) is 19.4 Å². The number of aliphatic hydroxyl groups is 1. The fourth-order valence-corrected chi connectivity index (χ4v) is 2.79. The first-order valence-electron chi connectivity index (χ1n) is 6.65. The summed E-state index contributed by atoms with van der Waals surface area (Å²) in [5.74, 6) is 0.702. The highest BCUT2D eigenvalue weighted by Crippen LogP contribution is 2.35. The second-order valence-electron chi connectivity index (χ2n) is 5.14. The summed E-state index contributed by atoms with van der Waals surface area (Å²) in [4.78, 5) is 13.7. The number of carbonyl (C=O) groups excluding carboxylic acids is 1. The highest BCUT2D eigenvalue weighted by atomic mass is 16.3. The summed E-state index contributed by atoms with van der Waals surface area (Å²) in [5, 5.41) is 14.1. The third-order valence-electron chi connectivity index (χ3n) is 3.61. The number of nitrogens with zero attached hydrogens (tertiary/aromatic N) is 3. The number of rotatable bonds is 2. The molecule has 0 bridgehead atoms. The van der Waals surface area contributed by atoms with Crippen molar-refractivity contribution in [3.05, 3.63) is 36.0 Å². The maximum absolute atomic E-state index is 12.1. The average molecular weight is 271 g/mol. The normalized spacial score (nSPS) is 18.9. The molecule has 0 radical (unpaired) electrons. The molecule has 1 aromatic carbocycles. The third kappa shape index (κ3) is 2.00. The molecule has 2 heterocycles. The van der Waals surface area contributed by atoms with Crippen molar-refractivity contribution in [2.24, 2.45) is 7.05 Å². The summed E-state index contributed by atoms with van der Waals surface area (Å²) >= 11 is 0. The summed E-state index contributed by atoms with van der Waals surface area (Å²) < 4.78 is 1.72. The van der Waals surface area contributed by atoms with Crippen molar-refractivity contribution < 1.29 is 9.90 Å². The van der Waals surface area contributed by atoms with Gasteiger partial charge in [-0.25, -0.2) is 0 Å². The summed E-state index contributed by atoms with van der Waals surface area (Å²) in [6, 6.07) is 9.90. The van der Waals surface area contributed by atoms with E-state index in [0.717, 1.165) is 22.6 Å². The molecule has 1 aliphatic rings. The Morgan fingerprint density at radius 2 is 2.00 bits per heavy atom. The fraction of sp³-hybridized carbons (Fsp3) is 0.333. The molecule has 1 saturated heterocycles. The SMILES string of the molecule is Cc1nn(C)c(N2CC(O)CC2=O)c1-c1ccccc1. The summed E-state index contributed by atoms with van der Waals surface area (Å²) in [5.41, 5.74) is 2.86. The van der Waals surface area contributed by atoms with Crippen molar-refractivity contribution in [1.29, 1.82) is 0 Å². The summed E-state index contributed by atoms with van der Waals surface area (Å²) in [6.07, 6.45) is -0.417. The molecule has 1 unspecified atom stereocenters. The van der Waals surface area contributed by atoms with E-state index < -0.39 is 6.10 Å². The highest BCUT2D eigenvalue weighted by Gasteiger charge is 2.33. The molecule has 5 heteroatoms. The van der Waals surface area contributed by atoms with Gasteiger partial charge >= 0.3 is 0 Å². The minimum absolute atomic E-state index is 0.0577. The average Bonchev–Trinajstić information content (AvgIpc) is 2.89. The minimum Gasteiger partial charge on any atom is -0.391 e. The van der Waals surface area contributed by atoms with E-state index in [2.05, 4.69) is 5.10 Å². The predicted octanol–water partition coefficient (Wildman–Crippen LogP) is 1.49. The Balaban J connectivity index is 2.14. The lowest BCUT2D eigenvalue weighted by molar-refractivity contribution is -0.117. The van der Waals surface area contributed by atoms with Gasteiger partial charge in [0.25, 0.3) is 0 Å². The molecular weight excluding hydrogens is 254 g/mol. The number of β-amino-alcohol motifs (C(OH)–C–C–N with tert-alkyl or cyclic N) is 1. The van der Waals surface area contributed by atoms with Crippen LogP contribution in [0.25, 0.3) is 11.1 Å². The van der Waals surface area contributed by atoms with E-state index in [1.54, 1.807) is 9.58 Å². The van der Waals surface area contributed by atoms with Crippen LogP contribution < -0.4 is 4.90 Å². The number of benzene rings is 1. The molecule has 1 aromatic heterocycles. The lowest BCUT2D eigenvalue weighted by Gasteiger charge is -2.18. The van der Waals surface area contributed by atoms with E-state index in [9.17, 15) is 9.90 Å². The van der Waals surface area contributed by atoms with Gasteiger partial charge in [-0.05, 0) is 12.5 Å². The van der Waals surface area contributed by atoms with Crippen LogP contribution in [0, 0.1) is 6.92 Å². The summed E-state index contributed by atoms with van der Waals surface area (Å²) in [6.45, 7) is 2.26. The van der Waals surface area contributed by atoms with Crippen LogP contribution in [0.15, 0.2) is 30.3 Å². The monoisotopic (exact) mass is 271 g/mol. The predicted molar refractivity (Wildman–Crippen MR) is 76.4 cm³/mol. The molecule has 2 aromatic rings. The molecule has 5 nitrogen and oxygen atoms in total. The first-order valence-corrected chi connectivity index (χ1v) is 6.65. The van der Waals surface area contributed by atoms with Gasteiger partial charge in [-0.15, -0.1) is 0 Å². The number of aliphatic hydroxyl groups excluding tert-OH is 1. The molecule has 0 aliphatic carbocycles. The van der Waals surface area contributed by atoms with Gasteiger partial charge in [-0.3, -0.25) is 14.4 Å². The fourth-order valence-electron chi connectivity index (χ4n) is 2.79. The van der Waals surface area contributed by atoms with Crippen LogP contribution in [0.5, 0.6) is 0 Å². The van der Waals surface area contributed by atoms with Crippen molar-refractivity contribution in [1.82, 2.24) is 9.78 Å². The number of amides is 1. The molecule has 1 fully saturated rings. The Labute approximate surface area is 117 Å². The van der Waals surface area contributed by atoms with E-state index >= 15 is 0 Å². The van der Waals surface area contributed by atoms with E-state index in [0.29, 0.717) is 6.54 Å². The topological polar surface area (TPSA) is 58.4 Å². The van der Waals surface area contributed by atoms with Crippen LogP contribution in [-0.4, -0.2) is 33.4 Å². The van der Waals surface area contributed by atoms with Crippen molar-refractivity contribution >= 4 is 11.7 Å². The lowest BCUT2D eigenvalue weighted by Crippen LogP contribution is -2.28. The van der Waals surface area contributed by atoms with Gasteiger partial charge in [0, 0.05) is 12.6 Å². The number of aryl methyl sites for hydroxylation is 2. The molecule has 3 rings (SSSR count). The number of hydrogen-bond donors (Lipinski definition) is 1. The van der Waals surface area contributed by atoms with Crippen LogP contribution in [0.2, 0.25) is 0 Å². The number of aromatic nitrogens is 2.